The first-order chi connectivity index (χ1) is 6.57. The molecule has 6 nitrogen and oxygen atoms in total. The molecule has 0 aliphatic heterocycles. The first-order valence-electron chi connectivity index (χ1n) is 4.31. The van der Waals surface area contributed by atoms with Crippen molar-refractivity contribution in [3.8, 4) is 0 Å². The minimum atomic E-state index is -1.05. The molecule has 0 aromatic rings. The summed E-state index contributed by atoms with van der Waals surface area (Å²) in [6, 6.07) is -0.896. The van der Waals surface area contributed by atoms with Gasteiger partial charge in [-0.2, -0.15) is 0 Å². The third-order valence-electron chi connectivity index (χ3n) is 1.46. The molecule has 82 valence electrons. The zero-order valence-electron chi connectivity index (χ0n) is 8.40. The average molecular weight is 205 g/mol. The van der Waals surface area contributed by atoms with Gasteiger partial charge in [-0.1, -0.05) is 0 Å². The molecule has 1 atom stereocenters. The van der Waals surface area contributed by atoms with E-state index in [0.717, 1.165) is 0 Å². The number of carbonyl (C=O) groups is 1. The summed E-state index contributed by atoms with van der Waals surface area (Å²) < 4.78 is 9.74. The van der Waals surface area contributed by atoms with Gasteiger partial charge >= 0.3 is 13.0 Å². The van der Waals surface area contributed by atoms with E-state index in [1.165, 1.54) is 13.9 Å². The lowest BCUT2D eigenvalue weighted by molar-refractivity contribution is -0.140. The van der Waals surface area contributed by atoms with E-state index in [1.807, 2.05) is 0 Å². The molecule has 0 heterocycles. The Bertz CT molecular complexity index is 166. The molecule has 0 fully saturated rings. The smallest absolute Gasteiger partial charge is 0.374 e. The van der Waals surface area contributed by atoms with Gasteiger partial charge in [0.1, 0.15) is 6.04 Å². The number of hydrogen-bond donors (Lipinski definition) is 3. The van der Waals surface area contributed by atoms with Crippen molar-refractivity contribution in [3.63, 3.8) is 0 Å². The zero-order chi connectivity index (χ0) is 11.0. The van der Waals surface area contributed by atoms with Gasteiger partial charge < -0.3 is 24.8 Å². The molecule has 14 heavy (non-hydrogen) atoms. The molecule has 0 spiro atoms. The molecule has 3 N–H and O–H groups in total. The first kappa shape index (κ1) is 13.4. The SMILES string of the molecule is COCCOCC(NB(C)O)C(=O)O. The van der Waals surface area contributed by atoms with E-state index < -0.39 is 19.1 Å². The van der Waals surface area contributed by atoms with Crippen LogP contribution in [-0.4, -0.2) is 56.1 Å². The fraction of sp³-hybridized carbons (Fsp3) is 0.857. The van der Waals surface area contributed by atoms with Crippen molar-refractivity contribution in [3.05, 3.63) is 0 Å². The number of nitrogens with one attached hydrogen (secondary N) is 1. The van der Waals surface area contributed by atoms with Gasteiger partial charge in [0, 0.05) is 7.11 Å². The zero-order valence-corrected chi connectivity index (χ0v) is 8.40. The number of methoxy groups -OCH3 is 1. The predicted molar refractivity (Wildman–Crippen MR) is 51.1 cm³/mol. The molecule has 0 aliphatic rings. The van der Waals surface area contributed by atoms with E-state index >= 15 is 0 Å². The van der Waals surface area contributed by atoms with Crippen LogP contribution in [0.4, 0.5) is 0 Å². The standard InChI is InChI=1S/C7H16BNO5/c1-8(12)9-6(7(10)11)5-14-4-3-13-2/h6,9,12H,3-5H2,1-2H3,(H,10,11). The van der Waals surface area contributed by atoms with Crippen LogP contribution >= 0.6 is 0 Å². The van der Waals surface area contributed by atoms with Gasteiger partial charge in [0.05, 0.1) is 19.8 Å². The van der Waals surface area contributed by atoms with Gasteiger partial charge in [0.25, 0.3) is 0 Å². The second kappa shape index (κ2) is 7.75. The summed E-state index contributed by atoms with van der Waals surface area (Å²) in [5.74, 6) is -1.05. The van der Waals surface area contributed by atoms with E-state index in [2.05, 4.69) is 5.23 Å². The summed E-state index contributed by atoms with van der Waals surface area (Å²) in [7, 11) is 0.661. The Balaban J connectivity index is 3.68. The number of ether oxygens (including phenoxy) is 2. The second-order valence-corrected chi connectivity index (χ2v) is 2.80. The quantitative estimate of drug-likeness (QED) is 0.341. The van der Waals surface area contributed by atoms with Crippen LogP contribution in [0.5, 0.6) is 0 Å². The molecule has 0 aliphatic carbocycles. The Kier molecular flexibility index (Phi) is 7.40. The Hall–Kier alpha value is -0.625. The first-order valence-corrected chi connectivity index (χ1v) is 4.31. The van der Waals surface area contributed by atoms with Crippen LogP contribution < -0.4 is 5.23 Å². The summed E-state index contributed by atoms with van der Waals surface area (Å²) in [5.41, 5.74) is 0. The number of hydrogen-bond acceptors (Lipinski definition) is 5. The third kappa shape index (κ3) is 6.84. The molecule has 0 aromatic heterocycles. The molecule has 0 saturated carbocycles. The van der Waals surface area contributed by atoms with Crippen molar-refractivity contribution in [1.82, 2.24) is 5.23 Å². The van der Waals surface area contributed by atoms with E-state index in [1.54, 1.807) is 0 Å². The molecule has 0 amide bonds. The largest absolute Gasteiger partial charge is 0.480 e. The van der Waals surface area contributed by atoms with Crippen LogP contribution in [0.2, 0.25) is 6.82 Å². The number of aliphatic carboxylic acids is 1. The highest BCUT2D eigenvalue weighted by Gasteiger charge is 2.20. The van der Waals surface area contributed by atoms with Gasteiger partial charge in [-0.15, -0.1) is 0 Å². The fourth-order valence-electron chi connectivity index (χ4n) is 0.825. The highest BCUT2D eigenvalue weighted by molar-refractivity contribution is 6.46. The van der Waals surface area contributed by atoms with Gasteiger partial charge in [-0.05, 0) is 6.82 Å². The van der Waals surface area contributed by atoms with E-state index in [4.69, 9.17) is 19.6 Å². The minimum absolute atomic E-state index is 0.00356. The Morgan fingerprint density at radius 2 is 2.21 bits per heavy atom. The number of carboxylic acid groups (broad SMARTS) is 1. The fourth-order valence-corrected chi connectivity index (χ4v) is 0.825. The maximum Gasteiger partial charge on any atom is 0.374 e. The Labute approximate surface area is 83.3 Å². The topological polar surface area (TPSA) is 88.0 Å². The van der Waals surface area contributed by atoms with E-state index in [9.17, 15) is 4.79 Å². The lowest BCUT2D eigenvalue weighted by Gasteiger charge is -2.14. The molecular formula is C7H16BNO5. The normalized spacial score (nSPS) is 12.5. The summed E-state index contributed by atoms with van der Waals surface area (Å²) in [5, 5.41) is 20.1. The maximum atomic E-state index is 10.6. The van der Waals surface area contributed by atoms with Crippen LogP contribution in [-0.2, 0) is 14.3 Å². The Morgan fingerprint density at radius 1 is 1.57 bits per heavy atom. The van der Waals surface area contributed by atoms with Gasteiger partial charge in [0.2, 0.25) is 0 Å². The molecule has 0 rings (SSSR count). The summed E-state index contributed by atoms with van der Waals surface area (Å²) in [6.45, 7) is 2.21. The van der Waals surface area contributed by atoms with Crippen molar-refractivity contribution in [1.29, 1.82) is 0 Å². The van der Waals surface area contributed by atoms with E-state index in [0.29, 0.717) is 13.2 Å². The van der Waals surface area contributed by atoms with Crippen molar-refractivity contribution in [2.24, 2.45) is 0 Å². The van der Waals surface area contributed by atoms with Gasteiger partial charge in [-0.25, -0.2) is 0 Å². The highest BCUT2D eigenvalue weighted by Crippen LogP contribution is 1.88. The monoisotopic (exact) mass is 205 g/mol. The van der Waals surface area contributed by atoms with E-state index in [-0.39, 0.29) is 6.61 Å². The third-order valence-corrected chi connectivity index (χ3v) is 1.46. The van der Waals surface area contributed by atoms with Gasteiger partial charge in [-0.3, -0.25) is 4.79 Å². The Morgan fingerprint density at radius 3 is 2.64 bits per heavy atom. The van der Waals surface area contributed by atoms with Crippen molar-refractivity contribution < 1.29 is 24.4 Å². The molecule has 0 saturated heterocycles. The molecule has 7 heteroatoms. The molecular weight excluding hydrogens is 189 g/mol. The van der Waals surface area contributed by atoms with Gasteiger partial charge in [0.15, 0.2) is 0 Å². The van der Waals surface area contributed by atoms with Crippen LogP contribution in [0.15, 0.2) is 0 Å². The van der Waals surface area contributed by atoms with Crippen molar-refractivity contribution in [2.75, 3.05) is 26.9 Å². The molecule has 0 bridgehead atoms. The predicted octanol–water partition coefficient (Wildman–Crippen LogP) is -1.20. The molecule has 0 aromatic carbocycles. The average Bonchev–Trinajstić information content (AvgIpc) is 2.09. The molecule has 1 unspecified atom stereocenters. The lowest BCUT2D eigenvalue weighted by Crippen LogP contribution is -2.47. The number of carboxylic acids is 1. The lowest BCUT2D eigenvalue weighted by atomic mass is 9.87. The summed E-state index contributed by atoms with van der Waals surface area (Å²) in [6.07, 6.45) is 0. The summed E-state index contributed by atoms with van der Waals surface area (Å²) >= 11 is 0. The maximum absolute atomic E-state index is 10.6. The molecule has 0 radical (unpaired) electrons. The number of rotatable bonds is 8. The van der Waals surface area contributed by atoms with Crippen molar-refractivity contribution in [2.45, 2.75) is 12.9 Å². The highest BCUT2D eigenvalue weighted by atomic mass is 16.5. The van der Waals surface area contributed by atoms with Crippen LogP contribution in [0.3, 0.4) is 0 Å². The van der Waals surface area contributed by atoms with Crippen molar-refractivity contribution >= 4 is 13.0 Å². The minimum Gasteiger partial charge on any atom is -0.480 e. The van der Waals surface area contributed by atoms with Crippen LogP contribution in [0, 0.1) is 0 Å². The van der Waals surface area contributed by atoms with Crippen LogP contribution in [0.1, 0.15) is 0 Å². The summed E-state index contributed by atoms with van der Waals surface area (Å²) in [4.78, 5) is 10.6. The second-order valence-electron chi connectivity index (χ2n) is 2.80. The van der Waals surface area contributed by atoms with Crippen LogP contribution in [0.25, 0.3) is 0 Å².